The highest BCUT2D eigenvalue weighted by Gasteiger charge is 2.70. The molecule has 9 atom stereocenters. The number of hydrogen-bond donors (Lipinski definition) is 1. The number of fused-ring (bicyclic) bond motifs is 7. The fourth-order valence-electron chi connectivity index (χ4n) is 13.3. The molecule has 0 aromatic rings. The molecule has 0 saturated heterocycles. The Labute approximate surface area is 320 Å². The molecule has 5 rings (SSSR count). The number of esters is 1. The Bertz CT molecular complexity index is 1250. The molecule has 0 aromatic heterocycles. The molecule has 0 unspecified atom stereocenters. The molecule has 0 radical (unpaired) electrons. The van der Waals surface area contributed by atoms with Gasteiger partial charge in [0.1, 0.15) is 0 Å². The molecule has 0 spiro atoms. The normalized spacial score (nSPS) is 39.5. The summed E-state index contributed by atoms with van der Waals surface area (Å²) in [6.45, 7) is 19.3. The van der Waals surface area contributed by atoms with Gasteiger partial charge in [-0.2, -0.15) is 0 Å². The first-order chi connectivity index (χ1) is 24.6. The maximum atomic E-state index is 14.6. The van der Waals surface area contributed by atoms with E-state index in [0.29, 0.717) is 18.3 Å². The molecule has 5 aliphatic rings. The zero-order valence-corrected chi connectivity index (χ0v) is 35.4. The summed E-state index contributed by atoms with van der Waals surface area (Å²) in [5.41, 5.74) is 0.546. The van der Waals surface area contributed by atoms with Crippen molar-refractivity contribution in [3.63, 3.8) is 0 Å². The Morgan fingerprint density at radius 3 is 1.83 bits per heavy atom. The number of carbonyl (C=O) groups is 2. The first-order valence-corrected chi connectivity index (χ1v) is 22.7. The van der Waals surface area contributed by atoms with Crippen LogP contribution in [0.4, 0.5) is 0 Å². The number of hydrogen-bond acceptors (Lipinski definition) is 4. The van der Waals surface area contributed by atoms with Crippen molar-refractivity contribution in [2.45, 2.75) is 222 Å². The maximum absolute atomic E-state index is 14.6. The van der Waals surface area contributed by atoms with Crippen LogP contribution in [0.5, 0.6) is 0 Å². The minimum atomic E-state index is -0.494. The summed E-state index contributed by atoms with van der Waals surface area (Å²) < 4.78 is 6.06. The van der Waals surface area contributed by atoms with Gasteiger partial charge in [0.25, 0.3) is 0 Å². The minimum Gasteiger partial charge on any atom is -0.465 e. The molecule has 0 aromatic carbocycles. The number of ketones is 1. The number of carbonyl (C=O) groups excluding carboxylic acids is 2. The van der Waals surface area contributed by atoms with Crippen LogP contribution in [0, 0.1) is 50.2 Å². The molecule has 4 fully saturated rings. The predicted molar refractivity (Wildman–Crippen MR) is 216 cm³/mol. The van der Waals surface area contributed by atoms with Gasteiger partial charge in [-0.1, -0.05) is 150 Å². The number of aliphatic hydroxyl groups excluding tert-OH is 1. The van der Waals surface area contributed by atoms with Crippen molar-refractivity contribution in [3.05, 3.63) is 11.6 Å². The number of allylic oxidation sites excluding steroid dienone is 2. The number of rotatable bonds is 18. The van der Waals surface area contributed by atoms with E-state index < -0.39 is 5.41 Å². The van der Waals surface area contributed by atoms with Gasteiger partial charge in [-0.15, -0.1) is 0 Å². The van der Waals surface area contributed by atoms with Crippen molar-refractivity contribution in [1.82, 2.24) is 0 Å². The predicted octanol–water partition coefficient (Wildman–Crippen LogP) is 13.1. The third-order valence-corrected chi connectivity index (χ3v) is 17.3. The molecule has 0 heterocycles. The van der Waals surface area contributed by atoms with Gasteiger partial charge in [0, 0.05) is 5.92 Å². The van der Waals surface area contributed by atoms with Crippen LogP contribution in [0.3, 0.4) is 0 Å². The average molecular weight is 723 g/mol. The second-order valence-corrected chi connectivity index (χ2v) is 21.1. The minimum absolute atomic E-state index is 0.00868. The van der Waals surface area contributed by atoms with Crippen molar-refractivity contribution in [1.29, 1.82) is 0 Å². The van der Waals surface area contributed by atoms with E-state index in [1.54, 1.807) is 0 Å². The van der Waals surface area contributed by atoms with Crippen LogP contribution in [0.25, 0.3) is 0 Å². The largest absolute Gasteiger partial charge is 0.465 e. The third-order valence-electron chi connectivity index (χ3n) is 17.3. The van der Waals surface area contributed by atoms with Crippen LogP contribution in [-0.4, -0.2) is 29.6 Å². The lowest BCUT2D eigenvalue weighted by Crippen LogP contribution is -2.66. The van der Waals surface area contributed by atoms with Crippen LogP contribution in [-0.2, 0) is 14.3 Å². The lowest BCUT2D eigenvalue weighted by molar-refractivity contribution is -0.202. The molecular weight excluding hydrogens is 641 g/mol. The van der Waals surface area contributed by atoms with Gasteiger partial charge in [-0.3, -0.25) is 9.59 Å². The summed E-state index contributed by atoms with van der Waals surface area (Å²) in [6.07, 6.45) is 32.1. The third kappa shape index (κ3) is 8.05. The molecule has 4 heteroatoms. The van der Waals surface area contributed by atoms with Crippen molar-refractivity contribution in [2.75, 3.05) is 6.61 Å². The quantitative estimate of drug-likeness (QED) is 0.113. The molecule has 4 nitrogen and oxygen atoms in total. The second kappa shape index (κ2) is 16.9. The van der Waals surface area contributed by atoms with Crippen LogP contribution in [0.15, 0.2) is 11.6 Å². The van der Waals surface area contributed by atoms with Crippen molar-refractivity contribution < 1.29 is 19.4 Å². The molecule has 4 saturated carbocycles. The summed E-state index contributed by atoms with van der Waals surface area (Å²) >= 11 is 0. The first-order valence-electron chi connectivity index (χ1n) is 22.7. The number of ether oxygens (including phenoxy) is 1. The Balaban J connectivity index is 1.10. The number of aliphatic hydroxyl groups is 1. The second-order valence-electron chi connectivity index (χ2n) is 21.1. The Morgan fingerprint density at radius 1 is 0.712 bits per heavy atom. The Hall–Kier alpha value is -1.16. The fraction of sp³-hybridized carbons (Fsp3) is 0.917. The van der Waals surface area contributed by atoms with E-state index in [0.717, 1.165) is 70.6 Å². The van der Waals surface area contributed by atoms with E-state index >= 15 is 0 Å². The zero-order chi connectivity index (χ0) is 37.8. The molecule has 1 N–H and O–H groups in total. The first kappa shape index (κ1) is 42.0. The van der Waals surface area contributed by atoms with E-state index in [1.807, 2.05) is 0 Å². The lowest BCUT2D eigenvalue weighted by atomic mass is 9.33. The van der Waals surface area contributed by atoms with Gasteiger partial charge >= 0.3 is 5.97 Å². The van der Waals surface area contributed by atoms with E-state index in [-0.39, 0.29) is 51.0 Å². The Kier molecular flexibility index (Phi) is 13.7. The van der Waals surface area contributed by atoms with Gasteiger partial charge < -0.3 is 9.84 Å². The van der Waals surface area contributed by atoms with Crippen molar-refractivity contribution >= 4 is 11.8 Å². The smallest absolute Gasteiger partial charge is 0.311 e. The SMILES string of the molecule is CCCCCCCCCCCCCCCCCCOC(=O)[C@@]1(C)CC[C@]2(C)CC[C@]3(C)C(=CC(=O)[C@H]4[C@@]5(C)CC[C@H](O)C(C)(C)[C@@H]5CC[C@]43C)[C@@H]2C1. The lowest BCUT2D eigenvalue weighted by Gasteiger charge is -2.70. The molecule has 0 amide bonds. The molecule has 298 valence electrons. The molecular formula is C48H82O4. The van der Waals surface area contributed by atoms with Crippen molar-refractivity contribution in [2.24, 2.45) is 50.2 Å². The Morgan fingerprint density at radius 2 is 1.25 bits per heavy atom. The van der Waals surface area contributed by atoms with Gasteiger partial charge in [0.05, 0.1) is 18.1 Å². The van der Waals surface area contributed by atoms with E-state index in [9.17, 15) is 14.7 Å². The topological polar surface area (TPSA) is 63.6 Å². The average Bonchev–Trinajstić information content (AvgIpc) is 3.09. The standard InChI is InChI=1S/C48H82O4/c1-9-10-11-12-13-14-15-16-17-18-19-20-21-22-23-24-33-52-42(51)45(5)30-29-44(4)31-32-47(7)36(37(44)35-45)34-38(49)41-46(6)27-26-40(50)43(2,3)39(46)25-28-48(41,47)8/h34,37,39-41,50H,9-33,35H2,1-8H3/t37-,39-,40-,41-,44+,45-,46-,47+,48+/m0/s1. The fourth-order valence-corrected chi connectivity index (χ4v) is 13.3. The van der Waals surface area contributed by atoms with E-state index in [2.05, 4.69) is 61.5 Å². The van der Waals surface area contributed by atoms with Crippen LogP contribution >= 0.6 is 0 Å². The van der Waals surface area contributed by atoms with Crippen LogP contribution in [0.1, 0.15) is 216 Å². The van der Waals surface area contributed by atoms with Crippen molar-refractivity contribution in [3.8, 4) is 0 Å². The van der Waals surface area contributed by atoms with Crippen LogP contribution < -0.4 is 0 Å². The van der Waals surface area contributed by atoms with Gasteiger partial charge in [0.2, 0.25) is 0 Å². The maximum Gasteiger partial charge on any atom is 0.311 e. The van der Waals surface area contributed by atoms with Gasteiger partial charge in [-0.25, -0.2) is 0 Å². The summed E-state index contributed by atoms with van der Waals surface area (Å²) in [6, 6.07) is 0. The summed E-state index contributed by atoms with van der Waals surface area (Å²) in [4.78, 5) is 28.4. The molecule has 5 aliphatic carbocycles. The summed E-state index contributed by atoms with van der Waals surface area (Å²) in [7, 11) is 0. The van der Waals surface area contributed by atoms with Gasteiger partial charge in [-0.05, 0) is 116 Å². The summed E-state index contributed by atoms with van der Waals surface area (Å²) in [5.74, 6) is 0.899. The van der Waals surface area contributed by atoms with Crippen LogP contribution in [0.2, 0.25) is 0 Å². The molecule has 52 heavy (non-hydrogen) atoms. The highest BCUT2D eigenvalue weighted by molar-refractivity contribution is 5.95. The monoisotopic (exact) mass is 723 g/mol. The summed E-state index contributed by atoms with van der Waals surface area (Å²) in [5, 5.41) is 11.0. The molecule has 0 aliphatic heterocycles. The molecule has 0 bridgehead atoms. The number of unbranched alkanes of at least 4 members (excludes halogenated alkanes) is 15. The zero-order valence-electron chi connectivity index (χ0n) is 35.4. The van der Waals surface area contributed by atoms with Gasteiger partial charge in [0.15, 0.2) is 5.78 Å². The highest BCUT2D eigenvalue weighted by atomic mass is 16.5. The van der Waals surface area contributed by atoms with E-state index in [4.69, 9.17) is 4.74 Å². The van der Waals surface area contributed by atoms with E-state index in [1.165, 1.54) is 95.5 Å². The highest BCUT2D eigenvalue weighted by Crippen LogP contribution is 2.75.